The van der Waals surface area contributed by atoms with Crippen molar-refractivity contribution in [2.24, 2.45) is 4.99 Å². The highest BCUT2D eigenvalue weighted by Gasteiger charge is 2.14. The normalized spacial score (nSPS) is 17.3. The summed E-state index contributed by atoms with van der Waals surface area (Å²) in [5, 5.41) is 4.32. The smallest absolute Gasteiger partial charge is 0.113 e. The average molecular weight is 155 g/mol. The Morgan fingerprint density at radius 2 is 2.18 bits per heavy atom. The van der Waals surface area contributed by atoms with Gasteiger partial charge >= 0.3 is 0 Å². The van der Waals surface area contributed by atoms with E-state index >= 15 is 0 Å². The van der Waals surface area contributed by atoms with E-state index in [9.17, 15) is 0 Å². The van der Waals surface area contributed by atoms with Crippen LogP contribution in [-0.2, 0) is 0 Å². The van der Waals surface area contributed by atoms with Crippen LogP contribution in [0.5, 0.6) is 0 Å². The highest BCUT2D eigenvalue weighted by Crippen LogP contribution is 2.08. The van der Waals surface area contributed by atoms with E-state index in [0.29, 0.717) is 0 Å². The first kappa shape index (κ1) is 8.53. The van der Waals surface area contributed by atoms with Crippen LogP contribution < -0.4 is 0 Å². The maximum atomic E-state index is 4.43. The van der Waals surface area contributed by atoms with Crippen molar-refractivity contribution in [3.05, 3.63) is 0 Å². The molecule has 0 aromatic heterocycles. The van der Waals surface area contributed by atoms with E-state index in [4.69, 9.17) is 0 Å². The van der Waals surface area contributed by atoms with Gasteiger partial charge in [0, 0.05) is 33.6 Å². The molecule has 11 heavy (non-hydrogen) atoms. The number of hydrogen-bond acceptors (Lipinski definition) is 3. The lowest BCUT2D eigenvalue weighted by molar-refractivity contribution is 0.115. The second-order valence-corrected chi connectivity index (χ2v) is 2.96. The van der Waals surface area contributed by atoms with Gasteiger partial charge in [0.2, 0.25) is 0 Å². The third-order valence-electron chi connectivity index (χ3n) is 1.93. The van der Waals surface area contributed by atoms with Gasteiger partial charge in [-0.05, 0) is 13.3 Å². The molecule has 3 heteroatoms. The Balaban J connectivity index is 2.53. The summed E-state index contributed by atoms with van der Waals surface area (Å²) in [7, 11) is 4.12. The van der Waals surface area contributed by atoms with Crippen molar-refractivity contribution < 1.29 is 0 Å². The second-order valence-electron chi connectivity index (χ2n) is 2.96. The summed E-state index contributed by atoms with van der Waals surface area (Å²) in [6.07, 6.45) is 2.37. The first-order valence-electron chi connectivity index (χ1n) is 4.23. The van der Waals surface area contributed by atoms with Crippen molar-refractivity contribution in [3.8, 4) is 0 Å². The summed E-state index contributed by atoms with van der Waals surface area (Å²) in [4.78, 5) is 4.43. The quantitative estimate of drug-likeness (QED) is 0.553. The molecule has 0 saturated heterocycles. The van der Waals surface area contributed by atoms with Crippen LogP contribution in [0.25, 0.3) is 0 Å². The van der Waals surface area contributed by atoms with Gasteiger partial charge in [0.05, 0.1) is 0 Å². The molecule has 1 rings (SSSR count). The summed E-state index contributed by atoms with van der Waals surface area (Å²) < 4.78 is 0. The fourth-order valence-electron chi connectivity index (χ4n) is 1.43. The summed E-state index contributed by atoms with van der Waals surface area (Å²) >= 11 is 0. The lowest BCUT2D eigenvalue weighted by atomic mass is 10.3. The molecule has 0 unspecified atom stereocenters. The SMILES string of the molecule is CCN(C1=NCCC1)N(C)C. The van der Waals surface area contributed by atoms with E-state index in [-0.39, 0.29) is 0 Å². The predicted molar refractivity (Wildman–Crippen MR) is 47.6 cm³/mol. The zero-order valence-corrected chi connectivity index (χ0v) is 7.67. The molecule has 0 radical (unpaired) electrons. The molecule has 0 fully saturated rings. The highest BCUT2D eigenvalue weighted by molar-refractivity contribution is 5.83. The monoisotopic (exact) mass is 155 g/mol. The van der Waals surface area contributed by atoms with Crippen LogP contribution in [0, 0.1) is 0 Å². The number of nitrogens with zero attached hydrogens (tertiary/aromatic N) is 3. The third-order valence-corrected chi connectivity index (χ3v) is 1.93. The molecule has 0 aromatic rings. The molecule has 0 saturated carbocycles. The van der Waals surface area contributed by atoms with Crippen molar-refractivity contribution in [1.82, 2.24) is 10.0 Å². The lowest BCUT2D eigenvalue weighted by Crippen LogP contribution is -2.40. The van der Waals surface area contributed by atoms with Crippen LogP contribution in [0.3, 0.4) is 0 Å². The van der Waals surface area contributed by atoms with E-state index < -0.39 is 0 Å². The van der Waals surface area contributed by atoms with Gasteiger partial charge in [-0.1, -0.05) is 0 Å². The Kier molecular flexibility index (Phi) is 2.88. The zero-order valence-electron chi connectivity index (χ0n) is 7.67. The molecule has 0 spiro atoms. The van der Waals surface area contributed by atoms with Gasteiger partial charge in [0.25, 0.3) is 0 Å². The molecular formula is C8H17N3. The van der Waals surface area contributed by atoms with Crippen LogP contribution >= 0.6 is 0 Å². The molecule has 1 heterocycles. The van der Waals surface area contributed by atoms with E-state index in [1.165, 1.54) is 12.3 Å². The molecule has 1 aliphatic rings. The molecule has 64 valence electrons. The van der Waals surface area contributed by atoms with Crippen LogP contribution in [0.2, 0.25) is 0 Å². The number of aliphatic imine (C=N–C) groups is 1. The molecule has 0 N–H and O–H groups in total. The largest absolute Gasteiger partial charge is 0.294 e. The van der Waals surface area contributed by atoms with Gasteiger partial charge in [0.1, 0.15) is 5.84 Å². The summed E-state index contributed by atoms with van der Waals surface area (Å²) in [6.45, 7) is 4.19. The minimum atomic E-state index is 1.01. The van der Waals surface area contributed by atoms with E-state index in [2.05, 4.69) is 36.0 Å². The van der Waals surface area contributed by atoms with Gasteiger partial charge < -0.3 is 0 Å². The van der Waals surface area contributed by atoms with Crippen LogP contribution in [0.15, 0.2) is 4.99 Å². The molecular weight excluding hydrogens is 138 g/mol. The Morgan fingerprint density at radius 1 is 1.45 bits per heavy atom. The number of hydrazine groups is 1. The van der Waals surface area contributed by atoms with E-state index in [0.717, 1.165) is 19.5 Å². The minimum Gasteiger partial charge on any atom is -0.294 e. The fourth-order valence-corrected chi connectivity index (χ4v) is 1.43. The van der Waals surface area contributed by atoms with Crippen molar-refractivity contribution in [2.45, 2.75) is 19.8 Å². The van der Waals surface area contributed by atoms with Gasteiger partial charge in [-0.15, -0.1) is 0 Å². The van der Waals surface area contributed by atoms with E-state index in [1.54, 1.807) is 0 Å². The fraction of sp³-hybridized carbons (Fsp3) is 0.875. The molecule has 1 aliphatic heterocycles. The summed E-state index contributed by atoms with van der Waals surface area (Å²) in [5.41, 5.74) is 0. The van der Waals surface area contributed by atoms with Crippen molar-refractivity contribution in [1.29, 1.82) is 0 Å². The molecule has 3 nitrogen and oxygen atoms in total. The Morgan fingerprint density at radius 3 is 2.55 bits per heavy atom. The Bertz CT molecular complexity index is 151. The van der Waals surface area contributed by atoms with Crippen molar-refractivity contribution in [3.63, 3.8) is 0 Å². The van der Waals surface area contributed by atoms with Crippen LogP contribution in [0.1, 0.15) is 19.8 Å². The maximum absolute atomic E-state index is 4.43. The molecule has 0 bridgehead atoms. The van der Waals surface area contributed by atoms with Gasteiger partial charge in [-0.25, -0.2) is 5.01 Å². The molecule has 0 aliphatic carbocycles. The molecule has 0 amide bonds. The lowest BCUT2D eigenvalue weighted by Gasteiger charge is -2.29. The zero-order chi connectivity index (χ0) is 8.27. The van der Waals surface area contributed by atoms with Crippen LogP contribution in [-0.4, -0.2) is 43.0 Å². The third kappa shape index (κ3) is 1.93. The first-order chi connectivity index (χ1) is 5.25. The number of hydrogen-bond donors (Lipinski definition) is 0. The Hall–Kier alpha value is -0.570. The minimum absolute atomic E-state index is 1.01. The van der Waals surface area contributed by atoms with Gasteiger partial charge in [-0.3, -0.25) is 10.0 Å². The van der Waals surface area contributed by atoms with Gasteiger partial charge in [-0.2, -0.15) is 0 Å². The highest BCUT2D eigenvalue weighted by atomic mass is 15.6. The second kappa shape index (κ2) is 3.72. The van der Waals surface area contributed by atoms with Crippen molar-refractivity contribution in [2.75, 3.05) is 27.2 Å². The van der Waals surface area contributed by atoms with Crippen molar-refractivity contribution >= 4 is 5.84 Å². The van der Waals surface area contributed by atoms with Crippen LogP contribution in [0.4, 0.5) is 0 Å². The maximum Gasteiger partial charge on any atom is 0.113 e. The van der Waals surface area contributed by atoms with E-state index in [1.807, 2.05) is 0 Å². The average Bonchev–Trinajstić information content (AvgIpc) is 2.40. The number of amidine groups is 1. The Labute approximate surface area is 68.7 Å². The molecule has 0 aromatic carbocycles. The predicted octanol–water partition coefficient (Wildman–Crippen LogP) is 0.977. The summed E-state index contributed by atoms with van der Waals surface area (Å²) in [5.74, 6) is 1.25. The first-order valence-corrected chi connectivity index (χ1v) is 4.23. The number of rotatable bonds is 2. The standard InChI is InChI=1S/C8H17N3/c1-4-11(10(2)3)8-6-5-7-9-8/h4-7H2,1-3H3. The topological polar surface area (TPSA) is 18.8 Å². The molecule has 0 atom stereocenters. The van der Waals surface area contributed by atoms with Gasteiger partial charge in [0.15, 0.2) is 0 Å². The summed E-state index contributed by atoms with van der Waals surface area (Å²) in [6, 6.07) is 0.